The van der Waals surface area contributed by atoms with Gasteiger partial charge in [0.15, 0.2) is 0 Å². The van der Waals surface area contributed by atoms with Crippen molar-refractivity contribution < 1.29 is 28.4 Å². The zero-order valence-corrected chi connectivity index (χ0v) is 21.0. The molecule has 0 aromatic heterocycles. The summed E-state index contributed by atoms with van der Waals surface area (Å²) in [5.74, 6) is -0.931. The van der Waals surface area contributed by atoms with E-state index in [0.29, 0.717) is 35.3 Å². The maximum Gasteiger partial charge on any atom is 0.308 e. The molecule has 184 valence electrons. The quantitative estimate of drug-likeness (QED) is 0.298. The molecule has 0 saturated carbocycles. The topological polar surface area (TPSA) is 74.8 Å². The van der Waals surface area contributed by atoms with Gasteiger partial charge in [-0.1, -0.05) is 30.7 Å². The summed E-state index contributed by atoms with van der Waals surface area (Å²) in [6, 6.07) is 13.9. The second-order valence-corrected chi connectivity index (χ2v) is 10.4. The number of amides is 4. The Labute approximate surface area is 206 Å². The molecule has 2 aliphatic rings. The highest BCUT2D eigenvalue weighted by Crippen LogP contribution is 2.28. The fourth-order valence-electron chi connectivity index (χ4n) is 5.06. The smallest absolute Gasteiger partial charge is 0.263 e. The van der Waals surface area contributed by atoms with Gasteiger partial charge in [0.1, 0.15) is 13.1 Å². The number of imide groups is 2. The third kappa shape index (κ3) is 4.51. The summed E-state index contributed by atoms with van der Waals surface area (Å²) in [6.45, 7) is 1.37. The van der Waals surface area contributed by atoms with Crippen LogP contribution in [-0.2, 0) is 0 Å². The maximum absolute atomic E-state index is 12.8. The zero-order chi connectivity index (χ0) is 25.4. The van der Waals surface area contributed by atoms with Crippen LogP contribution in [0.2, 0.25) is 0 Å². The molecule has 0 saturated heterocycles. The third-order valence-electron chi connectivity index (χ3n) is 7.04. The van der Waals surface area contributed by atoms with Gasteiger partial charge in [-0.2, -0.15) is 0 Å². The van der Waals surface area contributed by atoms with Gasteiger partial charge in [0, 0.05) is 0 Å². The standard InChI is InChI=1S/C27H34N4O4/c1-30(2,28-24(32)20-14-8-9-15-21(20)25(28)33)18-12-6-5-7-13-19-31(3,4)29-26(34)22-16-10-11-17-23(22)27(29)35/h8-11,14-17H,5-7,12-13,18-19H2,1-4H3/q+2. The van der Waals surface area contributed by atoms with Crippen LogP contribution in [0.5, 0.6) is 0 Å². The molecule has 0 spiro atoms. The van der Waals surface area contributed by atoms with E-state index in [0.717, 1.165) is 32.1 Å². The molecule has 8 heteroatoms. The molecule has 0 fully saturated rings. The van der Waals surface area contributed by atoms with Crippen molar-refractivity contribution in [3.63, 3.8) is 0 Å². The molecule has 0 unspecified atom stereocenters. The Morgan fingerprint density at radius 2 is 0.743 bits per heavy atom. The predicted octanol–water partition coefficient (Wildman–Crippen LogP) is 3.51. The monoisotopic (exact) mass is 478 g/mol. The predicted molar refractivity (Wildman–Crippen MR) is 131 cm³/mol. The largest absolute Gasteiger partial charge is 0.308 e. The van der Waals surface area contributed by atoms with Crippen molar-refractivity contribution in [2.24, 2.45) is 0 Å². The second-order valence-electron chi connectivity index (χ2n) is 10.4. The lowest BCUT2D eigenvalue weighted by atomic mass is 10.1. The third-order valence-corrected chi connectivity index (χ3v) is 7.04. The van der Waals surface area contributed by atoms with Crippen LogP contribution in [0.4, 0.5) is 0 Å². The maximum atomic E-state index is 12.8. The Bertz CT molecular complexity index is 1030. The van der Waals surface area contributed by atoms with Crippen molar-refractivity contribution in [3.8, 4) is 0 Å². The van der Waals surface area contributed by atoms with Gasteiger partial charge in [-0.3, -0.25) is 19.2 Å². The fourth-order valence-corrected chi connectivity index (χ4v) is 5.06. The zero-order valence-electron chi connectivity index (χ0n) is 21.0. The van der Waals surface area contributed by atoms with Crippen LogP contribution in [0.3, 0.4) is 0 Å². The highest BCUT2D eigenvalue weighted by atomic mass is 16.2. The van der Waals surface area contributed by atoms with Gasteiger partial charge in [-0.05, 0) is 49.9 Å². The second kappa shape index (κ2) is 9.36. The SMILES string of the molecule is C[N+](C)(CCCCCCC[N+](C)(C)N1C(=O)c2ccccc2C1=O)N1C(=O)c2ccccc2C1=O. The first kappa shape index (κ1) is 24.8. The number of nitrogens with zero attached hydrogens (tertiary/aromatic N) is 4. The molecule has 4 amide bonds. The Balaban J connectivity index is 1.21. The lowest BCUT2D eigenvalue weighted by Crippen LogP contribution is -2.57. The molecule has 0 aliphatic carbocycles. The van der Waals surface area contributed by atoms with Crippen molar-refractivity contribution in [1.29, 1.82) is 0 Å². The summed E-state index contributed by atoms with van der Waals surface area (Å²) in [5, 5.41) is 2.71. The van der Waals surface area contributed by atoms with Crippen LogP contribution >= 0.6 is 0 Å². The molecule has 0 radical (unpaired) electrons. The van der Waals surface area contributed by atoms with E-state index in [1.807, 2.05) is 28.2 Å². The molecular formula is C27H34N4O4+2. The average molecular weight is 479 g/mol. The van der Waals surface area contributed by atoms with Gasteiger partial charge in [-0.15, -0.1) is 10.0 Å². The van der Waals surface area contributed by atoms with Crippen LogP contribution in [-0.4, -0.2) is 84.1 Å². The van der Waals surface area contributed by atoms with E-state index in [1.165, 1.54) is 10.0 Å². The fraction of sp³-hybridized carbons (Fsp3) is 0.407. The summed E-state index contributed by atoms with van der Waals surface area (Å²) in [4.78, 5) is 51.1. The number of carbonyl (C=O) groups is 4. The molecule has 35 heavy (non-hydrogen) atoms. The Morgan fingerprint density at radius 3 is 1.03 bits per heavy atom. The van der Waals surface area contributed by atoms with Crippen molar-refractivity contribution >= 4 is 23.6 Å². The van der Waals surface area contributed by atoms with Crippen LogP contribution in [0.15, 0.2) is 48.5 Å². The van der Waals surface area contributed by atoms with Crippen LogP contribution in [0.1, 0.15) is 73.5 Å². The van der Waals surface area contributed by atoms with Crippen LogP contribution in [0, 0.1) is 0 Å². The van der Waals surface area contributed by atoms with Gasteiger partial charge in [-0.25, -0.2) is 9.18 Å². The normalized spacial score (nSPS) is 15.8. The summed E-state index contributed by atoms with van der Waals surface area (Å²) in [6.07, 6.45) is 4.73. The van der Waals surface area contributed by atoms with Gasteiger partial charge < -0.3 is 0 Å². The van der Waals surface area contributed by atoms with E-state index >= 15 is 0 Å². The average Bonchev–Trinajstić information content (AvgIpc) is 3.24. The number of benzene rings is 2. The van der Waals surface area contributed by atoms with E-state index in [9.17, 15) is 19.2 Å². The Kier molecular flexibility index (Phi) is 6.62. The van der Waals surface area contributed by atoms with Crippen molar-refractivity contribution in [1.82, 2.24) is 10.0 Å². The molecule has 0 N–H and O–H groups in total. The van der Waals surface area contributed by atoms with E-state index in [2.05, 4.69) is 0 Å². The van der Waals surface area contributed by atoms with Crippen LogP contribution in [0.25, 0.3) is 0 Å². The molecule has 2 aliphatic heterocycles. The lowest BCUT2D eigenvalue weighted by molar-refractivity contribution is -0.977. The first-order valence-electron chi connectivity index (χ1n) is 12.2. The van der Waals surface area contributed by atoms with Crippen molar-refractivity contribution in [3.05, 3.63) is 70.8 Å². The van der Waals surface area contributed by atoms with E-state index in [-0.39, 0.29) is 32.8 Å². The van der Waals surface area contributed by atoms with Gasteiger partial charge in [0.05, 0.1) is 50.4 Å². The number of hydrogen-bond donors (Lipinski definition) is 0. The number of unbranched alkanes of at least 4 members (excludes halogenated alkanes) is 4. The van der Waals surface area contributed by atoms with Gasteiger partial charge in [0.2, 0.25) is 0 Å². The molecule has 8 nitrogen and oxygen atoms in total. The molecule has 2 aromatic carbocycles. The summed E-state index contributed by atoms with van der Waals surface area (Å²) < 4.78 is 0.409. The first-order valence-corrected chi connectivity index (χ1v) is 12.2. The highest BCUT2D eigenvalue weighted by Gasteiger charge is 2.46. The van der Waals surface area contributed by atoms with E-state index in [1.54, 1.807) is 48.5 Å². The number of carbonyl (C=O) groups excluding carboxylic acids is 4. The summed E-state index contributed by atoms with van der Waals surface area (Å²) in [7, 11) is 7.57. The minimum absolute atomic E-state index is 0.204. The van der Waals surface area contributed by atoms with Crippen LogP contribution < -0.4 is 0 Å². The van der Waals surface area contributed by atoms with Crippen molar-refractivity contribution in [2.75, 3.05) is 41.3 Å². The number of quaternary nitrogens is 2. The summed E-state index contributed by atoms with van der Waals surface area (Å²) in [5.41, 5.74) is 1.90. The van der Waals surface area contributed by atoms with E-state index < -0.39 is 0 Å². The van der Waals surface area contributed by atoms with Gasteiger partial charge in [0.25, 0.3) is 0 Å². The minimum Gasteiger partial charge on any atom is -0.263 e. The number of fused-ring (bicyclic) bond motifs is 2. The number of hydrogen-bond acceptors (Lipinski definition) is 4. The van der Waals surface area contributed by atoms with E-state index in [4.69, 9.17) is 0 Å². The molecule has 4 rings (SSSR count). The molecule has 0 bridgehead atoms. The molecule has 2 heterocycles. The Hall–Kier alpha value is -3.36. The number of rotatable bonds is 10. The Morgan fingerprint density at radius 1 is 0.486 bits per heavy atom. The summed E-state index contributed by atoms with van der Waals surface area (Å²) >= 11 is 0. The highest BCUT2D eigenvalue weighted by molar-refractivity contribution is 6.21. The van der Waals surface area contributed by atoms with Gasteiger partial charge >= 0.3 is 23.6 Å². The molecule has 2 aromatic rings. The lowest BCUT2D eigenvalue weighted by Gasteiger charge is -2.35. The van der Waals surface area contributed by atoms with Crippen molar-refractivity contribution in [2.45, 2.75) is 32.1 Å². The molecular weight excluding hydrogens is 444 g/mol. The first-order chi connectivity index (χ1) is 16.6. The minimum atomic E-state index is -0.233. The molecule has 0 atom stereocenters.